The molecule has 0 aliphatic heterocycles. The lowest BCUT2D eigenvalue weighted by Gasteiger charge is -2.28. The minimum atomic E-state index is -0.825. The predicted octanol–water partition coefficient (Wildman–Crippen LogP) is 3.76. The molecule has 0 N–H and O–H groups in total. The van der Waals surface area contributed by atoms with Crippen LogP contribution in [-0.4, -0.2) is 26.2 Å². The van der Waals surface area contributed by atoms with E-state index in [2.05, 4.69) is 30.9 Å². The van der Waals surface area contributed by atoms with Crippen molar-refractivity contribution in [2.45, 2.75) is 45.3 Å². The summed E-state index contributed by atoms with van der Waals surface area (Å²) in [4.78, 5) is 15.6. The fourth-order valence-corrected chi connectivity index (χ4v) is 3.19. The highest BCUT2D eigenvalue weighted by atomic mass is 35.5. The van der Waals surface area contributed by atoms with Crippen molar-refractivity contribution in [1.82, 2.24) is 10.1 Å². The van der Waals surface area contributed by atoms with E-state index < -0.39 is 15.4 Å². The zero-order valence-corrected chi connectivity index (χ0v) is 16.2. The Labute approximate surface area is 143 Å². The molecule has 0 bridgehead atoms. The van der Waals surface area contributed by atoms with Gasteiger partial charge in [-0.1, -0.05) is 37.5 Å². The first-order chi connectivity index (χ1) is 10.7. The lowest BCUT2D eigenvalue weighted by molar-refractivity contribution is 0.0732. The van der Waals surface area contributed by atoms with Crippen molar-refractivity contribution in [3.63, 3.8) is 0 Å². The number of hydrogen-bond donors (Lipinski definition) is 0. The first-order valence-corrected chi connectivity index (χ1v) is 9.02. The number of halogens is 1. The highest BCUT2D eigenvalue weighted by Crippen LogP contribution is 2.36. The third-order valence-corrected chi connectivity index (χ3v) is 5.31. The molecule has 2 aromatic rings. The van der Waals surface area contributed by atoms with Gasteiger partial charge in [0.05, 0.1) is 5.56 Å². The molecule has 0 unspecified atom stereocenters. The lowest BCUT2D eigenvalue weighted by Crippen LogP contribution is -2.28. The third-order valence-electron chi connectivity index (χ3n) is 3.27. The van der Waals surface area contributed by atoms with E-state index in [-0.39, 0.29) is 10.2 Å². The molecule has 2 rings (SSSR count). The first-order valence-electron chi connectivity index (χ1n) is 7.36. The van der Waals surface area contributed by atoms with Crippen LogP contribution in [0.1, 0.15) is 50.7 Å². The maximum atomic E-state index is 11.6. The fraction of sp³-hybridized carbons (Fsp3) is 0.438. The van der Waals surface area contributed by atoms with Crippen LogP contribution in [0.4, 0.5) is 0 Å². The summed E-state index contributed by atoms with van der Waals surface area (Å²) in [5.41, 5.74) is 0.584. The Kier molecular flexibility index (Phi) is 5.08. The van der Waals surface area contributed by atoms with Crippen LogP contribution in [0, 0.1) is 0 Å². The molecule has 0 fully saturated rings. The van der Waals surface area contributed by atoms with Crippen LogP contribution in [0.2, 0.25) is 10.2 Å². The molecule has 7 heteroatoms. The van der Waals surface area contributed by atoms with Gasteiger partial charge in [0.25, 0.3) is 0 Å². The van der Waals surface area contributed by atoms with Crippen molar-refractivity contribution < 1.29 is 13.7 Å². The van der Waals surface area contributed by atoms with Gasteiger partial charge in [-0.25, -0.2) is 4.98 Å². The number of carbonyl (C=O) groups excluding carboxylic acids is 1. The summed E-state index contributed by atoms with van der Waals surface area (Å²) < 4.78 is 11.6. The Hall–Kier alpha value is -1.50. The molecular weight excluding hydrogens is 332 g/mol. The Bertz CT molecular complexity index is 708. The summed E-state index contributed by atoms with van der Waals surface area (Å²) in [6, 6.07) is 3.49. The number of pyridine rings is 1. The van der Waals surface area contributed by atoms with Crippen molar-refractivity contribution in [2.24, 2.45) is 0 Å². The molecule has 0 aliphatic rings. The second kappa shape index (κ2) is 6.55. The predicted molar refractivity (Wildman–Crippen MR) is 92.5 cm³/mol. The average Bonchev–Trinajstić information content (AvgIpc) is 2.89. The van der Waals surface area contributed by atoms with E-state index in [9.17, 15) is 4.79 Å². The largest absolute Gasteiger partial charge is 0.411 e. The van der Waals surface area contributed by atoms with Gasteiger partial charge in [0.15, 0.2) is 21.8 Å². The van der Waals surface area contributed by atoms with Crippen LogP contribution >= 0.6 is 11.6 Å². The molecule has 0 saturated carbocycles. The average molecular weight is 353 g/mol. The maximum absolute atomic E-state index is 11.6. The van der Waals surface area contributed by atoms with E-state index >= 15 is 0 Å². The Balaban J connectivity index is 2.42. The van der Waals surface area contributed by atoms with Crippen molar-refractivity contribution in [2.75, 3.05) is 0 Å². The molecule has 0 spiro atoms. The van der Waals surface area contributed by atoms with E-state index in [0.717, 1.165) is 6.29 Å². The molecule has 0 radical (unpaired) electrons. The summed E-state index contributed by atoms with van der Waals surface area (Å²) in [6.45, 7) is 10.2. The number of aldehydes is 1. The van der Waals surface area contributed by atoms with Gasteiger partial charge in [-0.3, -0.25) is 4.79 Å². The number of nitrogens with zero attached hydrogens (tertiary/aromatic N) is 2. The van der Waals surface area contributed by atoms with Crippen LogP contribution in [0.3, 0.4) is 0 Å². The smallest absolute Gasteiger partial charge is 0.177 e. The minimum Gasteiger partial charge on any atom is -0.411 e. The second-order valence-electron chi connectivity index (χ2n) is 7.09. The van der Waals surface area contributed by atoms with Gasteiger partial charge >= 0.3 is 0 Å². The molecule has 2 heterocycles. The number of rotatable bonds is 5. The van der Waals surface area contributed by atoms with Gasteiger partial charge in [-0.05, 0) is 31.0 Å². The van der Waals surface area contributed by atoms with Gasteiger partial charge in [0, 0.05) is 11.8 Å². The van der Waals surface area contributed by atoms with Gasteiger partial charge in [0.1, 0.15) is 16.4 Å². The second-order valence-corrected chi connectivity index (χ2v) is 10.1. The van der Waals surface area contributed by atoms with Gasteiger partial charge < -0.3 is 8.95 Å². The van der Waals surface area contributed by atoms with Crippen LogP contribution in [-0.2, 0) is 10.0 Å². The van der Waals surface area contributed by atoms with Gasteiger partial charge in [-0.2, -0.15) is 0 Å². The monoisotopic (exact) mass is 352 g/mol. The fourth-order valence-electron chi connectivity index (χ4n) is 2.06. The molecule has 0 aromatic carbocycles. The molecule has 5 nitrogen and oxygen atoms in total. The normalized spacial score (nSPS) is 13.0. The molecule has 0 amide bonds. The van der Waals surface area contributed by atoms with Crippen LogP contribution < -0.4 is 0 Å². The highest BCUT2D eigenvalue weighted by molar-refractivity contribution is 6.32. The van der Waals surface area contributed by atoms with Crippen LogP contribution in [0.25, 0.3) is 11.3 Å². The Morgan fingerprint density at radius 1 is 1.30 bits per heavy atom. The van der Waals surface area contributed by atoms with E-state index in [0.29, 0.717) is 22.6 Å². The molecule has 0 saturated heterocycles. The summed E-state index contributed by atoms with van der Waals surface area (Å²) in [5.74, 6) is 0.416. The minimum absolute atomic E-state index is 0.133. The van der Waals surface area contributed by atoms with Crippen molar-refractivity contribution >= 4 is 27.7 Å². The SMILES string of the molecule is CC(C)(C)[SiH2]OC(C)(C)c1onc(-c2cccnc2Cl)c1C=O. The summed E-state index contributed by atoms with van der Waals surface area (Å²) >= 11 is 6.10. The molecule has 124 valence electrons. The Morgan fingerprint density at radius 2 is 2.00 bits per heavy atom. The van der Waals surface area contributed by atoms with Crippen molar-refractivity contribution in [1.29, 1.82) is 0 Å². The van der Waals surface area contributed by atoms with Crippen molar-refractivity contribution in [3.8, 4) is 11.3 Å². The van der Waals surface area contributed by atoms with Gasteiger partial charge in [-0.15, -0.1) is 0 Å². The van der Waals surface area contributed by atoms with Gasteiger partial charge in [0.2, 0.25) is 0 Å². The van der Waals surface area contributed by atoms with E-state index in [1.54, 1.807) is 18.3 Å². The topological polar surface area (TPSA) is 65.2 Å². The summed E-state index contributed by atoms with van der Waals surface area (Å²) in [6.07, 6.45) is 2.31. The number of carbonyl (C=O) groups is 1. The molecular formula is C16H21ClN2O3Si. The molecule has 0 aliphatic carbocycles. The quantitative estimate of drug-likeness (QED) is 0.465. The zero-order valence-electron chi connectivity index (χ0n) is 14.0. The first kappa shape index (κ1) is 17.8. The third kappa shape index (κ3) is 4.07. The Morgan fingerprint density at radius 3 is 2.57 bits per heavy atom. The maximum Gasteiger partial charge on any atom is 0.177 e. The number of hydrogen-bond acceptors (Lipinski definition) is 5. The van der Waals surface area contributed by atoms with E-state index in [4.69, 9.17) is 20.6 Å². The molecule has 2 aromatic heterocycles. The summed E-state index contributed by atoms with van der Waals surface area (Å²) in [7, 11) is -0.825. The van der Waals surface area contributed by atoms with E-state index in [1.165, 1.54) is 0 Å². The zero-order chi connectivity index (χ0) is 17.3. The molecule has 0 atom stereocenters. The molecule has 23 heavy (non-hydrogen) atoms. The van der Waals surface area contributed by atoms with Crippen LogP contribution in [0.15, 0.2) is 22.9 Å². The van der Waals surface area contributed by atoms with Crippen LogP contribution in [0.5, 0.6) is 0 Å². The lowest BCUT2D eigenvalue weighted by atomic mass is 9.99. The number of aromatic nitrogens is 2. The standard InChI is InChI=1S/C16H21ClN2O3Si/c1-15(2,3)23-22-16(4,5)13-11(9-20)12(19-21-13)10-7-6-8-18-14(10)17/h6-9H,23H2,1-5H3. The summed E-state index contributed by atoms with van der Waals surface area (Å²) in [5, 5.41) is 4.44. The van der Waals surface area contributed by atoms with Crippen molar-refractivity contribution in [3.05, 3.63) is 34.8 Å². The van der Waals surface area contributed by atoms with E-state index in [1.807, 2.05) is 13.8 Å². The highest BCUT2D eigenvalue weighted by Gasteiger charge is 2.33.